The van der Waals surface area contributed by atoms with Crippen molar-refractivity contribution in [1.82, 2.24) is 0 Å². The van der Waals surface area contributed by atoms with Crippen LogP contribution in [-0.2, 0) is 10.0 Å². The molecule has 3 N–H and O–H groups in total. The number of hydrogen-bond donors (Lipinski definition) is 2. The molecule has 0 fully saturated rings. The van der Waals surface area contributed by atoms with Gasteiger partial charge in [-0.05, 0) is 12.1 Å². The molecule has 1 heterocycles. The molecule has 0 saturated heterocycles. The Morgan fingerprint density at radius 3 is 2.48 bits per heavy atom. The van der Waals surface area contributed by atoms with Gasteiger partial charge in [0.2, 0.25) is 10.0 Å². The third-order valence-electron chi connectivity index (χ3n) is 2.52. The smallest absolute Gasteiger partial charge is 0.265 e. The molecule has 2 aromatic rings. The minimum Gasteiger partial charge on any atom is -0.545 e. The van der Waals surface area contributed by atoms with E-state index in [1.807, 2.05) is 0 Å². The Balaban J connectivity index is 2.27. The van der Waals surface area contributed by atoms with Crippen LogP contribution in [0.5, 0.6) is 0 Å². The van der Waals surface area contributed by atoms with Gasteiger partial charge in [0.25, 0.3) is 5.91 Å². The van der Waals surface area contributed by atoms with Crippen molar-refractivity contribution in [1.29, 1.82) is 0 Å². The first kappa shape index (κ1) is 15.2. The van der Waals surface area contributed by atoms with E-state index in [4.69, 9.17) is 5.14 Å². The first-order chi connectivity index (χ1) is 9.79. The Morgan fingerprint density at radius 2 is 1.90 bits per heavy atom. The van der Waals surface area contributed by atoms with Crippen LogP contribution in [0.15, 0.2) is 40.6 Å². The number of carbonyl (C=O) groups excluding carboxylic acids is 2. The average Bonchev–Trinajstić information content (AvgIpc) is 2.88. The summed E-state index contributed by atoms with van der Waals surface area (Å²) in [4.78, 5) is 22.8. The van der Waals surface area contributed by atoms with Crippen LogP contribution in [0.2, 0.25) is 0 Å². The molecule has 0 aliphatic carbocycles. The zero-order valence-corrected chi connectivity index (χ0v) is 12.0. The number of para-hydroxylation sites is 1. The number of thiophene rings is 1. The topological polar surface area (TPSA) is 129 Å². The van der Waals surface area contributed by atoms with Gasteiger partial charge in [0.05, 0.1) is 21.4 Å². The fourth-order valence-corrected chi connectivity index (χ4v) is 3.24. The van der Waals surface area contributed by atoms with Gasteiger partial charge in [-0.3, -0.25) is 4.79 Å². The van der Waals surface area contributed by atoms with Crippen LogP contribution in [0.3, 0.4) is 0 Å². The maximum Gasteiger partial charge on any atom is 0.265 e. The van der Waals surface area contributed by atoms with Crippen molar-refractivity contribution in [2.24, 2.45) is 5.14 Å². The van der Waals surface area contributed by atoms with E-state index in [-0.39, 0.29) is 21.0 Å². The molecule has 0 radical (unpaired) electrons. The molecule has 0 saturated carbocycles. The van der Waals surface area contributed by atoms with Crippen LogP contribution < -0.4 is 15.6 Å². The highest BCUT2D eigenvalue weighted by Gasteiger charge is 2.16. The summed E-state index contributed by atoms with van der Waals surface area (Å²) < 4.78 is 22.3. The fourth-order valence-electron chi connectivity index (χ4n) is 1.54. The predicted molar refractivity (Wildman–Crippen MR) is 74.4 cm³/mol. The van der Waals surface area contributed by atoms with Crippen molar-refractivity contribution < 1.29 is 23.1 Å². The molecule has 0 atom stereocenters. The number of hydrogen-bond acceptors (Lipinski definition) is 6. The molecule has 0 aliphatic rings. The predicted octanol–water partition coefficient (Wildman–Crippen LogP) is 0.0113. The van der Waals surface area contributed by atoms with E-state index in [2.05, 4.69) is 5.32 Å². The number of anilines is 1. The van der Waals surface area contributed by atoms with E-state index in [0.717, 1.165) is 17.4 Å². The number of carboxylic acid groups (broad SMARTS) is 1. The number of sulfonamides is 1. The lowest BCUT2D eigenvalue weighted by atomic mass is 10.2. The lowest BCUT2D eigenvalue weighted by molar-refractivity contribution is -0.254. The number of amides is 1. The lowest BCUT2D eigenvalue weighted by Gasteiger charge is -2.10. The van der Waals surface area contributed by atoms with E-state index in [0.29, 0.717) is 0 Å². The summed E-state index contributed by atoms with van der Waals surface area (Å²) in [6.07, 6.45) is 0. The molecule has 1 amide bonds. The van der Waals surface area contributed by atoms with E-state index in [9.17, 15) is 23.1 Å². The minimum absolute atomic E-state index is 0.0630. The number of carboxylic acids is 1. The summed E-state index contributed by atoms with van der Waals surface area (Å²) in [7, 11) is -3.88. The zero-order valence-electron chi connectivity index (χ0n) is 10.4. The van der Waals surface area contributed by atoms with Gasteiger partial charge in [-0.15, -0.1) is 11.3 Å². The van der Waals surface area contributed by atoms with Gasteiger partial charge in [0.15, 0.2) is 0 Å². The summed E-state index contributed by atoms with van der Waals surface area (Å²) in [6.45, 7) is 0. The van der Waals surface area contributed by atoms with Gasteiger partial charge in [0.1, 0.15) is 0 Å². The van der Waals surface area contributed by atoms with Crippen molar-refractivity contribution in [3.63, 3.8) is 0 Å². The third kappa shape index (κ3) is 3.45. The van der Waals surface area contributed by atoms with Crippen LogP contribution in [0.25, 0.3) is 0 Å². The Bertz CT molecular complexity index is 811. The van der Waals surface area contributed by atoms with Crippen LogP contribution in [0.1, 0.15) is 20.0 Å². The van der Waals surface area contributed by atoms with Crippen LogP contribution in [0.4, 0.5) is 5.69 Å². The molecule has 0 spiro atoms. The molecular formula is C12H9N2O5S2-. The maximum absolute atomic E-state index is 12.0. The fraction of sp³-hybridized carbons (Fsp3) is 0. The quantitative estimate of drug-likeness (QED) is 0.818. The molecule has 9 heteroatoms. The summed E-state index contributed by atoms with van der Waals surface area (Å²) in [6, 6.07) is 6.85. The van der Waals surface area contributed by atoms with Gasteiger partial charge in [-0.25, -0.2) is 13.6 Å². The number of benzene rings is 1. The summed E-state index contributed by atoms with van der Waals surface area (Å²) >= 11 is 0.884. The van der Waals surface area contributed by atoms with Crippen molar-refractivity contribution in [3.05, 3.63) is 46.2 Å². The monoisotopic (exact) mass is 325 g/mol. The summed E-state index contributed by atoms with van der Waals surface area (Å²) in [5.74, 6) is -2.06. The lowest BCUT2D eigenvalue weighted by Crippen LogP contribution is -2.24. The van der Waals surface area contributed by atoms with E-state index in [1.54, 1.807) is 6.07 Å². The second-order valence-electron chi connectivity index (χ2n) is 3.98. The van der Waals surface area contributed by atoms with Crippen molar-refractivity contribution in [3.8, 4) is 0 Å². The second-order valence-corrected chi connectivity index (χ2v) is 6.45. The highest BCUT2D eigenvalue weighted by Crippen LogP contribution is 2.21. The molecule has 1 aromatic carbocycles. The van der Waals surface area contributed by atoms with Crippen LogP contribution in [-0.4, -0.2) is 20.3 Å². The molecule has 110 valence electrons. The Kier molecular flexibility index (Phi) is 4.07. The summed E-state index contributed by atoms with van der Waals surface area (Å²) in [5, 5.41) is 19.5. The SMILES string of the molecule is NS(=O)(=O)c1csc(C(=O)Nc2ccccc2C(=O)[O-])c1. The number of nitrogens with two attached hydrogens (primary N) is 1. The highest BCUT2D eigenvalue weighted by atomic mass is 32.2. The van der Waals surface area contributed by atoms with Gasteiger partial charge in [-0.1, -0.05) is 18.2 Å². The Morgan fingerprint density at radius 1 is 1.24 bits per heavy atom. The van der Waals surface area contributed by atoms with Crippen molar-refractivity contribution in [2.45, 2.75) is 4.90 Å². The molecule has 0 unspecified atom stereocenters. The number of nitrogens with one attached hydrogen (secondary N) is 1. The van der Waals surface area contributed by atoms with Crippen LogP contribution in [0, 0.1) is 0 Å². The van der Waals surface area contributed by atoms with Crippen LogP contribution >= 0.6 is 11.3 Å². The van der Waals surface area contributed by atoms with Gasteiger partial charge in [-0.2, -0.15) is 0 Å². The average molecular weight is 325 g/mol. The van der Waals surface area contributed by atoms with E-state index >= 15 is 0 Å². The van der Waals surface area contributed by atoms with Crippen molar-refractivity contribution >= 4 is 38.9 Å². The standard InChI is InChI=1S/C12H10N2O5S2/c13-21(18,19)7-5-10(20-6-7)11(15)14-9-4-2-1-3-8(9)12(16)17/h1-6H,(H,14,15)(H,16,17)(H2,13,18,19)/p-1. The van der Waals surface area contributed by atoms with E-state index < -0.39 is 21.9 Å². The highest BCUT2D eigenvalue weighted by molar-refractivity contribution is 7.89. The normalized spacial score (nSPS) is 11.1. The minimum atomic E-state index is -3.88. The molecule has 21 heavy (non-hydrogen) atoms. The molecule has 0 aliphatic heterocycles. The number of rotatable bonds is 4. The Hall–Kier alpha value is -2.23. The van der Waals surface area contributed by atoms with Gasteiger partial charge in [0, 0.05) is 10.9 Å². The number of carbonyl (C=O) groups is 2. The number of aromatic carboxylic acids is 1. The zero-order chi connectivity index (χ0) is 15.6. The van der Waals surface area contributed by atoms with Gasteiger partial charge >= 0.3 is 0 Å². The van der Waals surface area contributed by atoms with E-state index in [1.165, 1.54) is 23.6 Å². The van der Waals surface area contributed by atoms with Crippen molar-refractivity contribution in [2.75, 3.05) is 5.32 Å². The molecule has 1 aromatic heterocycles. The molecular weight excluding hydrogens is 316 g/mol. The Labute approximate surface area is 124 Å². The molecule has 2 rings (SSSR count). The second kappa shape index (κ2) is 5.64. The van der Waals surface area contributed by atoms with Gasteiger partial charge < -0.3 is 15.2 Å². The first-order valence-electron chi connectivity index (χ1n) is 5.52. The number of primary sulfonamides is 1. The molecule has 7 nitrogen and oxygen atoms in total. The third-order valence-corrected chi connectivity index (χ3v) is 4.49. The largest absolute Gasteiger partial charge is 0.545 e. The summed E-state index contributed by atoms with van der Waals surface area (Å²) in [5.41, 5.74) is -0.109. The molecule has 0 bridgehead atoms. The first-order valence-corrected chi connectivity index (χ1v) is 7.94. The maximum atomic E-state index is 12.0.